The van der Waals surface area contributed by atoms with Crippen molar-refractivity contribution >= 4 is 17.3 Å². The monoisotopic (exact) mass is 339 g/mol. The van der Waals surface area contributed by atoms with Crippen LogP contribution in [0.1, 0.15) is 22.2 Å². The van der Waals surface area contributed by atoms with Crippen molar-refractivity contribution in [3.05, 3.63) is 71.1 Å². The summed E-state index contributed by atoms with van der Waals surface area (Å²) in [5.74, 6) is -0.372. The molecule has 0 aliphatic rings. The van der Waals surface area contributed by atoms with Gasteiger partial charge in [-0.15, -0.1) is 0 Å². The quantitative estimate of drug-likeness (QED) is 0.618. The van der Waals surface area contributed by atoms with Gasteiger partial charge in [-0.1, -0.05) is 72.0 Å². The van der Waals surface area contributed by atoms with E-state index in [1.807, 2.05) is 60.7 Å². The van der Waals surface area contributed by atoms with Gasteiger partial charge in [-0.2, -0.15) is 0 Å². The Morgan fingerprint density at radius 2 is 1.71 bits per heavy atom. The molecule has 0 aliphatic heterocycles. The lowest BCUT2D eigenvalue weighted by Crippen LogP contribution is -2.03. The van der Waals surface area contributed by atoms with Gasteiger partial charge < -0.3 is 9.47 Å². The standard InChI is InChI=1S/C19H17NO3S/c1-2-22-18(21)17-16(15-11-7-4-8-12-15)20-19(24-17)23-13-14-9-5-3-6-10-14/h3-12H,2,13H2,1H3. The summed E-state index contributed by atoms with van der Waals surface area (Å²) in [7, 11) is 0. The zero-order valence-corrected chi connectivity index (χ0v) is 14.1. The molecule has 0 fully saturated rings. The molecule has 0 unspecified atom stereocenters. The zero-order chi connectivity index (χ0) is 16.8. The molecule has 2 aromatic carbocycles. The predicted molar refractivity (Wildman–Crippen MR) is 94.3 cm³/mol. The molecule has 0 amide bonds. The molecular weight excluding hydrogens is 322 g/mol. The first-order valence-corrected chi connectivity index (χ1v) is 8.49. The molecule has 0 radical (unpaired) electrons. The number of nitrogens with zero attached hydrogens (tertiary/aromatic N) is 1. The van der Waals surface area contributed by atoms with Gasteiger partial charge in [0.1, 0.15) is 11.5 Å². The van der Waals surface area contributed by atoms with Crippen LogP contribution in [0.4, 0.5) is 0 Å². The molecule has 0 bridgehead atoms. The molecule has 0 aliphatic carbocycles. The molecule has 1 heterocycles. The summed E-state index contributed by atoms with van der Waals surface area (Å²) in [5.41, 5.74) is 2.51. The molecule has 24 heavy (non-hydrogen) atoms. The molecule has 4 nitrogen and oxygen atoms in total. The number of thiazole rings is 1. The summed E-state index contributed by atoms with van der Waals surface area (Å²) in [6.45, 7) is 2.52. The van der Waals surface area contributed by atoms with Crippen molar-refractivity contribution in [2.45, 2.75) is 13.5 Å². The number of benzene rings is 2. The second kappa shape index (κ2) is 7.75. The smallest absolute Gasteiger partial charge is 0.350 e. The van der Waals surface area contributed by atoms with Gasteiger partial charge in [-0.05, 0) is 12.5 Å². The summed E-state index contributed by atoms with van der Waals surface area (Å²) < 4.78 is 10.9. The molecule has 5 heteroatoms. The Kier molecular flexibility index (Phi) is 5.23. The first kappa shape index (κ1) is 16.2. The van der Waals surface area contributed by atoms with Crippen LogP contribution in [0.3, 0.4) is 0 Å². The Balaban J connectivity index is 1.87. The molecule has 3 aromatic rings. The molecule has 0 spiro atoms. The Morgan fingerprint density at radius 3 is 2.38 bits per heavy atom. The van der Waals surface area contributed by atoms with Gasteiger partial charge in [-0.3, -0.25) is 0 Å². The Bertz CT molecular complexity index is 800. The molecule has 122 valence electrons. The number of hydrogen-bond acceptors (Lipinski definition) is 5. The fourth-order valence-corrected chi connectivity index (χ4v) is 3.04. The van der Waals surface area contributed by atoms with Crippen molar-refractivity contribution in [1.82, 2.24) is 4.98 Å². The SMILES string of the molecule is CCOC(=O)c1sc(OCc2ccccc2)nc1-c1ccccc1. The zero-order valence-electron chi connectivity index (χ0n) is 13.3. The Labute approximate surface area is 144 Å². The minimum absolute atomic E-state index is 0.325. The summed E-state index contributed by atoms with van der Waals surface area (Å²) in [6.07, 6.45) is 0. The van der Waals surface area contributed by atoms with Crippen LogP contribution < -0.4 is 4.74 Å². The molecular formula is C19H17NO3S. The maximum absolute atomic E-state index is 12.2. The van der Waals surface area contributed by atoms with E-state index in [-0.39, 0.29) is 5.97 Å². The van der Waals surface area contributed by atoms with Gasteiger partial charge in [-0.25, -0.2) is 9.78 Å². The summed E-state index contributed by atoms with van der Waals surface area (Å²) >= 11 is 1.21. The molecule has 0 N–H and O–H groups in total. The van der Waals surface area contributed by atoms with Gasteiger partial charge in [0.2, 0.25) is 0 Å². The average Bonchev–Trinajstić information content (AvgIpc) is 3.06. The topological polar surface area (TPSA) is 48.4 Å². The predicted octanol–water partition coefficient (Wildman–Crippen LogP) is 4.57. The van der Waals surface area contributed by atoms with Crippen molar-refractivity contribution in [1.29, 1.82) is 0 Å². The van der Waals surface area contributed by atoms with Gasteiger partial charge >= 0.3 is 5.97 Å². The first-order chi connectivity index (χ1) is 11.8. The largest absolute Gasteiger partial charge is 0.465 e. The second-order valence-electron chi connectivity index (χ2n) is 5.02. The highest BCUT2D eigenvalue weighted by Crippen LogP contribution is 2.33. The highest BCUT2D eigenvalue weighted by atomic mass is 32.1. The normalized spacial score (nSPS) is 10.4. The highest BCUT2D eigenvalue weighted by molar-refractivity contribution is 7.15. The number of carbonyl (C=O) groups excluding carboxylic acids is 1. The third-order valence-electron chi connectivity index (χ3n) is 3.32. The van der Waals surface area contributed by atoms with Crippen LogP contribution in [0.25, 0.3) is 11.3 Å². The van der Waals surface area contributed by atoms with Crippen molar-refractivity contribution in [2.75, 3.05) is 6.61 Å². The van der Waals surface area contributed by atoms with E-state index in [4.69, 9.17) is 9.47 Å². The van der Waals surface area contributed by atoms with Crippen LogP contribution in [-0.2, 0) is 11.3 Å². The van der Waals surface area contributed by atoms with E-state index in [1.165, 1.54) is 11.3 Å². The van der Waals surface area contributed by atoms with E-state index in [0.29, 0.717) is 29.0 Å². The first-order valence-electron chi connectivity index (χ1n) is 7.68. The molecule has 0 atom stereocenters. The van der Waals surface area contributed by atoms with Crippen molar-refractivity contribution in [3.8, 4) is 16.5 Å². The lowest BCUT2D eigenvalue weighted by atomic mass is 10.1. The third-order valence-corrected chi connectivity index (χ3v) is 4.27. The van der Waals surface area contributed by atoms with Gasteiger partial charge in [0.05, 0.1) is 12.3 Å². The van der Waals surface area contributed by atoms with E-state index in [9.17, 15) is 4.79 Å². The van der Waals surface area contributed by atoms with Crippen molar-refractivity contribution in [3.63, 3.8) is 0 Å². The number of ether oxygens (including phenoxy) is 2. The average molecular weight is 339 g/mol. The highest BCUT2D eigenvalue weighted by Gasteiger charge is 2.21. The van der Waals surface area contributed by atoms with Crippen LogP contribution in [0.5, 0.6) is 5.19 Å². The van der Waals surface area contributed by atoms with Crippen LogP contribution in [0.15, 0.2) is 60.7 Å². The maximum Gasteiger partial charge on any atom is 0.350 e. The van der Waals surface area contributed by atoms with Crippen LogP contribution in [-0.4, -0.2) is 17.6 Å². The van der Waals surface area contributed by atoms with Crippen LogP contribution in [0, 0.1) is 0 Å². The van der Waals surface area contributed by atoms with Crippen LogP contribution in [0.2, 0.25) is 0 Å². The number of hydrogen-bond donors (Lipinski definition) is 0. The molecule has 3 rings (SSSR count). The maximum atomic E-state index is 12.2. The minimum Gasteiger partial charge on any atom is -0.465 e. The van der Waals surface area contributed by atoms with E-state index in [1.54, 1.807) is 6.92 Å². The molecule has 1 aromatic heterocycles. The fourth-order valence-electron chi connectivity index (χ4n) is 2.21. The second-order valence-corrected chi connectivity index (χ2v) is 5.98. The summed E-state index contributed by atoms with van der Waals surface area (Å²) in [4.78, 5) is 17.2. The van der Waals surface area contributed by atoms with Gasteiger partial charge in [0.15, 0.2) is 0 Å². The number of esters is 1. The van der Waals surface area contributed by atoms with E-state index in [0.717, 1.165) is 11.1 Å². The third kappa shape index (κ3) is 3.81. The Hall–Kier alpha value is -2.66. The minimum atomic E-state index is -0.372. The van der Waals surface area contributed by atoms with E-state index in [2.05, 4.69) is 4.98 Å². The lowest BCUT2D eigenvalue weighted by Gasteiger charge is -2.01. The fraction of sp³-hybridized carbons (Fsp3) is 0.158. The Morgan fingerprint density at radius 1 is 1.04 bits per heavy atom. The summed E-state index contributed by atoms with van der Waals surface area (Å²) in [5, 5.41) is 0.459. The lowest BCUT2D eigenvalue weighted by molar-refractivity contribution is 0.0532. The molecule has 0 saturated heterocycles. The van der Waals surface area contributed by atoms with E-state index < -0.39 is 0 Å². The number of aromatic nitrogens is 1. The van der Waals surface area contributed by atoms with Gasteiger partial charge in [0.25, 0.3) is 5.19 Å². The van der Waals surface area contributed by atoms with Crippen molar-refractivity contribution < 1.29 is 14.3 Å². The van der Waals surface area contributed by atoms with Crippen molar-refractivity contribution in [2.24, 2.45) is 0 Å². The van der Waals surface area contributed by atoms with Gasteiger partial charge in [0, 0.05) is 5.56 Å². The molecule has 0 saturated carbocycles. The number of rotatable bonds is 6. The van der Waals surface area contributed by atoms with E-state index >= 15 is 0 Å². The number of carbonyl (C=O) groups is 1. The summed E-state index contributed by atoms with van der Waals surface area (Å²) in [6, 6.07) is 19.4. The van der Waals surface area contributed by atoms with Crippen LogP contribution >= 0.6 is 11.3 Å².